The molecule has 4 bridgehead atoms. The molecule has 10 fully saturated rings. The molecular weight excluding hydrogens is 712 g/mol. The molecule has 2 saturated carbocycles. The van der Waals surface area contributed by atoms with E-state index in [1.165, 1.54) is 0 Å². The summed E-state index contributed by atoms with van der Waals surface area (Å²) in [5.41, 5.74) is 0.291. The van der Waals surface area contributed by atoms with Gasteiger partial charge in [-0.15, -0.1) is 10.2 Å². The first-order valence-electron chi connectivity index (χ1n) is 20.9. The van der Waals surface area contributed by atoms with Crippen LogP contribution in [0, 0.1) is 47.3 Å². The van der Waals surface area contributed by atoms with Gasteiger partial charge >= 0.3 is 0 Å². The van der Waals surface area contributed by atoms with E-state index >= 15 is 0 Å². The zero-order valence-corrected chi connectivity index (χ0v) is 33.0. The minimum atomic E-state index is -0.812. The summed E-state index contributed by atoms with van der Waals surface area (Å²) < 4.78 is 42.5. The van der Waals surface area contributed by atoms with Crippen molar-refractivity contribution in [3.8, 4) is 0 Å². The van der Waals surface area contributed by atoms with Gasteiger partial charge in [-0.05, 0) is 82.5 Å². The predicted octanol–water partition coefficient (Wildman–Crippen LogP) is 5.41. The maximum Gasteiger partial charge on any atom is 0.201 e. The average molecular weight is 771 g/mol. The van der Waals surface area contributed by atoms with Gasteiger partial charge in [-0.2, -0.15) is 0 Å². The molecule has 2 spiro atoms. The van der Waals surface area contributed by atoms with Crippen molar-refractivity contribution in [2.75, 3.05) is 0 Å². The molecule has 10 heterocycles. The summed E-state index contributed by atoms with van der Waals surface area (Å²) in [7, 11) is 0. The van der Waals surface area contributed by atoms with Crippen molar-refractivity contribution in [2.45, 2.75) is 174 Å². The first kappa shape index (κ1) is 37.2. The number of rotatable bonds is 10. The second-order valence-corrected chi connectivity index (χ2v) is 18.5. The molecule has 0 amide bonds. The van der Waals surface area contributed by atoms with E-state index < -0.39 is 47.9 Å². The molecule has 16 heteroatoms. The molecule has 2 aromatic rings. The van der Waals surface area contributed by atoms with Gasteiger partial charge < -0.3 is 28.4 Å². The fraction of sp³-hybridized carbons (Fsp3) is 0.897. The lowest BCUT2D eigenvalue weighted by Gasteiger charge is -2.60. The molecule has 16 nitrogen and oxygen atoms in total. The van der Waals surface area contributed by atoms with E-state index in [1.807, 2.05) is 35.6 Å². The van der Waals surface area contributed by atoms with Gasteiger partial charge in [0.1, 0.15) is 11.4 Å². The van der Waals surface area contributed by atoms with E-state index in [0.29, 0.717) is 50.0 Å². The highest BCUT2D eigenvalue weighted by atomic mass is 17.3. The topological polar surface area (TPSA) is 154 Å². The van der Waals surface area contributed by atoms with Crippen LogP contribution in [0.3, 0.4) is 0 Å². The van der Waals surface area contributed by atoms with Crippen LogP contribution in [0.15, 0.2) is 12.4 Å². The highest BCUT2D eigenvalue weighted by molar-refractivity contribution is 5.11. The van der Waals surface area contributed by atoms with E-state index in [4.69, 9.17) is 48.0 Å². The van der Waals surface area contributed by atoms with Gasteiger partial charge in [0.2, 0.25) is 11.6 Å². The van der Waals surface area contributed by atoms with Crippen LogP contribution in [-0.4, -0.2) is 77.9 Å². The quantitative estimate of drug-likeness (QED) is 0.283. The molecule has 8 aliphatic heterocycles. The fourth-order valence-electron chi connectivity index (χ4n) is 11.9. The number of hydrogen-bond acceptors (Lipinski definition) is 14. The van der Waals surface area contributed by atoms with Crippen molar-refractivity contribution in [3.63, 3.8) is 0 Å². The Hall–Kier alpha value is -2.12. The summed E-state index contributed by atoms with van der Waals surface area (Å²) in [4.78, 5) is 24.4. The highest BCUT2D eigenvalue weighted by Crippen LogP contribution is 2.62. The Kier molecular flexibility index (Phi) is 9.28. The van der Waals surface area contributed by atoms with E-state index in [9.17, 15) is 0 Å². The Morgan fingerprint density at radius 3 is 1.53 bits per heavy atom. The van der Waals surface area contributed by atoms with Gasteiger partial charge in [-0.3, -0.25) is 9.36 Å². The summed E-state index contributed by atoms with van der Waals surface area (Å²) >= 11 is 0. The number of nitrogens with zero attached hydrogens (tertiary/aromatic N) is 6. The third kappa shape index (κ3) is 6.07. The van der Waals surface area contributed by atoms with Crippen LogP contribution in [0.4, 0.5) is 0 Å². The molecule has 0 radical (unpaired) electrons. The number of hydrogen-bond donors (Lipinski definition) is 0. The summed E-state index contributed by atoms with van der Waals surface area (Å²) in [6.45, 7) is 14.8. The molecule has 2 aliphatic carbocycles. The largest absolute Gasteiger partial charge is 0.346 e. The Labute approximate surface area is 322 Å². The number of aryl methyl sites for hydroxylation is 2. The fourth-order valence-corrected chi connectivity index (χ4v) is 11.9. The molecule has 0 N–H and O–H groups in total. The average Bonchev–Trinajstić information content (AvgIpc) is 3.68. The maximum atomic E-state index is 6.57. The zero-order valence-electron chi connectivity index (χ0n) is 33.0. The molecule has 0 aromatic carbocycles. The van der Waals surface area contributed by atoms with Gasteiger partial charge in [0.15, 0.2) is 36.4 Å². The van der Waals surface area contributed by atoms with Crippen LogP contribution < -0.4 is 0 Å². The first-order valence-corrected chi connectivity index (χ1v) is 20.9. The summed E-state index contributed by atoms with van der Waals surface area (Å²) in [6.07, 6.45) is 10.6. The molecule has 304 valence electrons. The van der Waals surface area contributed by atoms with Crippen LogP contribution in [-0.2, 0) is 74.3 Å². The van der Waals surface area contributed by atoms with E-state index in [-0.39, 0.29) is 23.7 Å². The minimum absolute atomic E-state index is 0.0991. The molecule has 16 atom stereocenters. The normalized spacial score (nSPS) is 48.5. The van der Waals surface area contributed by atoms with Crippen molar-refractivity contribution >= 4 is 0 Å². The van der Waals surface area contributed by atoms with E-state index in [1.54, 1.807) is 0 Å². The van der Waals surface area contributed by atoms with Crippen molar-refractivity contribution < 1.29 is 48.0 Å². The zero-order chi connectivity index (χ0) is 37.7. The first-order chi connectivity index (χ1) is 26.5. The minimum Gasteiger partial charge on any atom is -0.346 e. The molecule has 8 saturated heterocycles. The third-order valence-corrected chi connectivity index (χ3v) is 14.9. The summed E-state index contributed by atoms with van der Waals surface area (Å²) in [6, 6.07) is 0. The maximum absolute atomic E-state index is 6.57. The smallest absolute Gasteiger partial charge is 0.201 e. The van der Waals surface area contributed by atoms with E-state index in [2.05, 4.69) is 48.3 Å². The molecule has 55 heavy (non-hydrogen) atoms. The monoisotopic (exact) mass is 770 g/mol. The van der Waals surface area contributed by atoms with Gasteiger partial charge in [0.05, 0.1) is 25.6 Å². The molecule has 2 aromatic heterocycles. The standard InChI is InChI=1S/C39H58N6O10/c1-22-8-10-30-24(3)32(48-34-38(30)28(22)12-14-36(5,50-34)52-54-38)46-20-26-18-44(42-40-26)16-7-17-45-19-27(41-43-45)21-47-33-25(4)31-11-9-23(2)29-13-15-37(6)51-35(49-33)39(29,31)55-53-37/h18-19,22-25,28-35H,7-17,20-21H2,1-6H3/t22-,23-,24-,25-,28+,29+,30+,31+,32-,33-,34-,35-,36-,37-,38-,39-/m1/s1. The predicted molar refractivity (Wildman–Crippen MR) is 188 cm³/mol. The third-order valence-electron chi connectivity index (χ3n) is 14.9. The lowest BCUT2D eigenvalue weighted by atomic mass is 9.58. The lowest BCUT2D eigenvalue weighted by molar-refractivity contribution is -0.577. The number of aromatic nitrogens is 6. The van der Waals surface area contributed by atoms with Gasteiger partial charge in [0, 0.05) is 49.6 Å². The van der Waals surface area contributed by atoms with Crippen molar-refractivity contribution in [2.24, 2.45) is 47.3 Å². The van der Waals surface area contributed by atoms with Crippen molar-refractivity contribution in [3.05, 3.63) is 23.8 Å². The van der Waals surface area contributed by atoms with Gasteiger partial charge in [-0.1, -0.05) is 38.1 Å². The second kappa shape index (κ2) is 13.7. The molecule has 0 unspecified atom stereocenters. The second-order valence-electron chi connectivity index (χ2n) is 18.5. The summed E-state index contributed by atoms with van der Waals surface area (Å²) in [5.74, 6) is 0.661. The van der Waals surface area contributed by atoms with Crippen molar-refractivity contribution in [1.29, 1.82) is 0 Å². The number of ether oxygens (including phenoxy) is 6. The SMILES string of the molecule is C[C@H]1[C@H](OCc2cn(CCCn3cc(CO[C@@H]4O[C@@H]5O[C@@]6(C)CC[C@H]7[C@H](C)CC[C@@H]([C@H]4C)[C@@]57OO6)nn3)nn2)O[C@@H]2O[C@@]3(C)CC[C@H]4[C@H](C)CC[C@@H]1[C@@]24OO3. The number of fused-ring (bicyclic) bond motifs is 4. The molecule has 12 rings (SSSR count). The van der Waals surface area contributed by atoms with Crippen LogP contribution in [0.2, 0.25) is 0 Å². The Bertz CT molecular complexity index is 1590. The Morgan fingerprint density at radius 1 is 0.618 bits per heavy atom. The Morgan fingerprint density at radius 2 is 1.07 bits per heavy atom. The summed E-state index contributed by atoms with van der Waals surface area (Å²) in [5, 5.41) is 17.5. The van der Waals surface area contributed by atoms with Crippen LogP contribution in [0.25, 0.3) is 0 Å². The molecular formula is C39H58N6O10. The lowest BCUT2D eigenvalue weighted by Crippen LogP contribution is -2.70. The van der Waals surface area contributed by atoms with Gasteiger partial charge in [-0.25, -0.2) is 19.6 Å². The van der Waals surface area contributed by atoms with Crippen LogP contribution >= 0.6 is 0 Å². The van der Waals surface area contributed by atoms with Gasteiger partial charge in [0.25, 0.3) is 0 Å². The van der Waals surface area contributed by atoms with Crippen molar-refractivity contribution in [1.82, 2.24) is 30.0 Å². The molecule has 10 aliphatic rings. The van der Waals surface area contributed by atoms with E-state index in [0.717, 1.165) is 69.2 Å². The Balaban J connectivity index is 0.708. The van der Waals surface area contributed by atoms with Crippen LogP contribution in [0.5, 0.6) is 0 Å². The highest BCUT2D eigenvalue weighted by Gasteiger charge is 2.71. The van der Waals surface area contributed by atoms with Crippen LogP contribution in [0.1, 0.15) is 111 Å².